The number of pyridine rings is 1. The van der Waals surface area contributed by atoms with Crippen molar-refractivity contribution in [2.24, 2.45) is 5.92 Å². The fraction of sp³-hybridized carbons (Fsp3) is 0.364. The summed E-state index contributed by atoms with van der Waals surface area (Å²) in [5.41, 5.74) is 1.99. The summed E-state index contributed by atoms with van der Waals surface area (Å²) in [5, 5.41) is 14.3. The summed E-state index contributed by atoms with van der Waals surface area (Å²) in [6.07, 6.45) is 2.84. The van der Waals surface area contributed by atoms with E-state index in [1.165, 1.54) is 16.2 Å². The molecule has 6 heteroatoms. The van der Waals surface area contributed by atoms with Crippen LogP contribution in [0.25, 0.3) is 10.2 Å². The molecule has 2 aromatic heterocycles. The lowest BCUT2D eigenvalue weighted by molar-refractivity contribution is 0.102. The molecule has 5 nitrogen and oxygen atoms in total. The third-order valence-electron chi connectivity index (χ3n) is 5.48. The van der Waals surface area contributed by atoms with Crippen molar-refractivity contribution in [3.8, 4) is 5.75 Å². The number of fused-ring (bicyclic) bond motifs is 3. The van der Waals surface area contributed by atoms with Crippen molar-refractivity contribution in [1.29, 1.82) is 0 Å². The predicted molar refractivity (Wildman–Crippen MR) is 114 cm³/mol. The molecule has 28 heavy (non-hydrogen) atoms. The van der Waals surface area contributed by atoms with Crippen molar-refractivity contribution in [3.05, 3.63) is 56.2 Å². The molecule has 3 N–H and O–H groups in total. The molecule has 1 aromatic carbocycles. The number of anilines is 1. The molecule has 0 bridgehead atoms. The number of H-pyrrole nitrogens is 1. The normalized spacial score (nSPS) is 16.4. The van der Waals surface area contributed by atoms with Crippen molar-refractivity contribution in [1.82, 2.24) is 4.98 Å². The second-order valence-electron chi connectivity index (χ2n) is 7.97. The SMILES string of the molecule is CC(C)c1cccc(NC(=O)c2c(O)c3c4c(sc3[nH]c2=O)C[C@@H](C)CC4)c1. The Hall–Kier alpha value is -2.60. The van der Waals surface area contributed by atoms with Gasteiger partial charge in [-0.3, -0.25) is 9.59 Å². The van der Waals surface area contributed by atoms with Gasteiger partial charge in [-0.2, -0.15) is 0 Å². The minimum Gasteiger partial charge on any atom is -0.506 e. The molecule has 0 spiro atoms. The number of aryl methyl sites for hydroxylation is 1. The predicted octanol–water partition coefficient (Wildman–Crippen LogP) is 4.80. The van der Waals surface area contributed by atoms with Crippen molar-refractivity contribution in [3.63, 3.8) is 0 Å². The van der Waals surface area contributed by atoms with Gasteiger partial charge in [0.05, 0.1) is 5.39 Å². The van der Waals surface area contributed by atoms with E-state index in [0.717, 1.165) is 30.4 Å². The molecule has 0 saturated carbocycles. The van der Waals surface area contributed by atoms with Crippen LogP contribution in [0.3, 0.4) is 0 Å². The number of aromatic nitrogens is 1. The van der Waals surface area contributed by atoms with Crippen LogP contribution in [0.15, 0.2) is 29.1 Å². The summed E-state index contributed by atoms with van der Waals surface area (Å²) in [6.45, 7) is 6.36. The summed E-state index contributed by atoms with van der Waals surface area (Å²) >= 11 is 1.51. The molecule has 1 aliphatic carbocycles. The van der Waals surface area contributed by atoms with Gasteiger partial charge in [-0.1, -0.05) is 32.9 Å². The maximum atomic E-state index is 12.8. The van der Waals surface area contributed by atoms with Gasteiger partial charge in [0.25, 0.3) is 11.5 Å². The van der Waals surface area contributed by atoms with Crippen LogP contribution < -0.4 is 10.9 Å². The number of hydrogen-bond donors (Lipinski definition) is 3. The van der Waals surface area contributed by atoms with Gasteiger partial charge in [0.1, 0.15) is 16.1 Å². The van der Waals surface area contributed by atoms with Crippen LogP contribution in [0.2, 0.25) is 0 Å². The van der Waals surface area contributed by atoms with E-state index in [1.54, 1.807) is 6.07 Å². The van der Waals surface area contributed by atoms with Crippen molar-refractivity contribution < 1.29 is 9.90 Å². The monoisotopic (exact) mass is 396 g/mol. The number of carbonyl (C=O) groups excluding carboxylic acids is 1. The number of nitrogens with one attached hydrogen (secondary N) is 2. The van der Waals surface area contributed by atoms with Crippen LogP contribution in [0.5, 0.6) is 5.75 Å². The Morgan fingerprint density at radius 1 is 1.36 bits per heavy atom. The number of carbonyl (C=O) groups is 1. The fourth-order valence-corrected chi connectivity index (χ4v) is 5.27. The van der Waals surface area contributed by atoms with Crippen molar-refractivity contribution >= 4 is 33.1 Å². The van der Waals surface area contributed by atoms with Crippen LogP contribution in [0, 0.1) is 5.92 Å². The van der Waals surface area contributed by atoms with E-state index in [1.807, 2.05) is 18.2 Å². The lowest BCUT2D eigenvalue weighted by Crippen LogP contribution is -2.23. The zero-order chi connectivity index (χ0) is 20.0. The molecule has 1 amide bonds. The number of hydrogen-bond acceptors (Lipinski definition) is 4. The quantitative estimate of drug-likeness (QED) is 0.595. The highest BCUT2D eigenvalue weighted by molar-refractivity contribution is 7.18. The smallest absolute Gasteiger partial charge is 0.265 e. The molecular formula is C22H24N2O3S. The highest BCUT2D eigenvalue weighted by atomic mass is 32.1. The molecule has 146 valence electrons. The highest BCUT2D eigenvalue weighted by Gasteiger charge is 2.27. The fourth-order valence-electron chi connectivity index (χ4n) is 3.87. The molecule has 0 saturated heterocycles. The standard InChI is InChI=1S/C22H24N2O3S/c1-11(2)13-5-4-6-14(10-13)23-20(26)18-19(25)17-15-8-7-12(3)9-16(15)28-22(17)24-21(18)27/h4-6,10-12H,7-9H2,1-3H3,(H,23,26)(H2,24,25,27)/t12-/m0/s1. The number of aromatic hydroxyl groups is 1. The average molecular weight is 397 g/mol. The molecule has 0 fully saturated rings. The molecule has 3 aromatic rings. The second kappa shape index (κ2) is 7.09. The minimum atomic E-state index is -0.592. The Morgan fingerprint density at radius 3 is 2.89 bits per heavy atom. The number of amides is 1. The van der Waals surface area contributed by atoms with Crippen LogP contribution in [-0.4, -0.2) is 16.0 Å². The van der Waals surface area contributed by atoms with E-state index in [0.29, 0.717) is 27.7 Å². The average Bonchev–Trinajstić information content (AvgIpc) is 2.98. The van der Waals surface area contributed by atoms with Crippen LogP contribution in [-0.2, 0) is 12.8 Å². The Kier molecular flexibility index (Phi) is 4.75. The maximum absolute atomic E-state index is 12.8. The van der Waals surface area contributed by atoms with E-state index in [2.05, 4.69) is 31.1 Å². The number of benzene rings is 1. The van der Waals surface area contributed by atoms with Gasteiger partial charge in [-0.15, -0.1) is 11.3 Å². The van der Waals surface area contributed by atoms with Gasteiger partial charge in [0.2, 0.25) is 0 Å². The molecule has 0 radical (unpaired) electrons. The summed E-state index contributed by atoms with van der Waals surface area (Å²) in [7, 11) is 0. The summed E-state index contributed by atoms with van der Waals surface area (Å²) < 4.78 is 0. The summed E-state index contributed by atoms with van der Waals surface area (Å²) in [4.78, 5) is 30.1. The Morgan fingerprint density at radius 2 is 2.14 bits per heavy atom. The molecule has 4 rings (SSSR count). The Labute approximate surface area is 167 Å². The van der Waals surface area contributed by atoms with E-state index >= 15 is 0 Å². The van der Waals surface area contributed by atoms with Gasteiger partial charge < -0.3 is 15.4 Å². The molecule has 1 atom stereocenters. The third-order valence-corrected chi connectivity index (χ3v) is 6.65. The van der Waals surface area contributed by atoms with Gasteiger partial charge in [-0.25, -0.2) is 0 Å². The van der Waals surface area contributed by atoms with E-state index in [-0.39, 0.29) is 11.3 Å². The Bertz CT molecular complexity index is 1130. The number of aromatic amines is 1. The third kappa shape index (κ3) is 3.22. The molecule has 2 heterocycles. The van der Waals surface area contributed by atoms with Crippen LogP contribution in [0.1, 0.15) is 59.5 Å². The van der Waals surface area contributed by atoms with Crippen LogP contribution in [0.4, 0.5) is 5.69 Å². The second-order valence-corrected chi connectivity index (χ2v) is 9.07. The molecular weight excluding hydrogens is 372 g/mol. The zero-order valence-corrected chi connectivity index (χ0v) is 17.1. The first kappa shape index (κ1) is 18.7. The van der Waals surface area contributed by atoms with E-state index in [4.69, 9.17) is 0 Å². The van der Waals surface area contributed by atoms with Gasteiger partial charge in [-0.05, 0) is 54.4 Å². The molecule has 0 unspecified atom stereocenters. The van der Waals surface area contributed by atoms with Crippen molar-refractivity contribution in [2.75, 3.05) is 5.32 Å². The summed E-state index contributed by atoms with van der Waals surface area (Å²) in [5.74, 6) is 0.115. The largest absolute Gasteiger partial charge is 0.506 e. The van der Waals surface area contributed by atoms with Gasteiger partial charge in [0.15, 0.2) is 0 Å². The lowest BCUT2D eigenvalue weighted by atomic mass is 9.89. The van der Waals surface area contributed by atoms with E-state index in [9.17, 15) is 14.7 Å². The first-order chi connectivity index (χ1) is 13.3. The van der Waals surface area contributed by atoms with Crippen LogP contribution >= 0.6 is 11.3 Å². The topological polar surface area (TPSA) is 82.2 Å². The number of thiophene rings is 1. The first-order valence-corrected chi connectivity index (χ1v) is 10.5. The van der Waals surface area contributed by atoms with Gasteiger partial charge >= 0.3 is 0 Å². The molecule has 1 aliphatic rings. The van der Waals surface area contributed by atoms with Crippen molar-refractivity contribution in [2.45, 2.75) is 46.0 Å². The number of rotatable bonds is 3. The minimum absolute atomic E-state index is 0.205. The molecule has 0 aliphatic heterocycles. The maximum Gasteiger partial charge on any atom is 0.265 e. The van der Waals surface area contributed by atoms with E-state index < -0.39 is 11.5 Å². The summed E-state index contributed by atoms with van der Waals surface area (Å²) in [6, 6.07) is 7.53. The first-order valence-electron chi connectivity index (χ1n) is 9.66. The highest BCUT2D eigenvalue weighted by Crippen LogP contribution is 2.41. The Balaban J connectivity index is 1.75. The van der Waals surface area contributed by atoms with Gasteiger partial charge in [0, 0.05) is 10.6 Å². The lowest BCUT2D eigenvalue weighted by Gasteiger charge is -2.18. The zero-order valence-electron chi connectivity index (χ0n) is 16.3.